The largest absolute Gasteiger partial charge is 0.316 e. The Kier molecular flexibility index (Phi) is 2.52. The Bertz CT molecular complexity index is 475. The fourth-order valence-electron chi connectivity index (χ4n) is 2.28. The maximum absolute atomic E-state index is 4.18. The van der Waals surface area contributed by atoms with E-state index in [1.807, 2.05) is 23.0 Å². The van der Waals surface area contributed by atoms with Gasteiger partial charge in [0.15, 0.2) is 5.82 Å². The maximum atomic E-state index is 4.18. The summed E-state index contributed by atoms with van der Waals surface area (Å²) in [6.07, 6.45) is 8.30. The zero-order chi connectivity index (χ0) is 11.0. The molecule has 0 saturated carbocycles. The Morgan fingerprint density at radius 3 is 2.94 bits per heavy atom. The Balaban J connectivity index is 2.01. The van der Waals surface area contributed by atoms with Crippen molar-refractivity contribution in [3.63, 3.8) is 0 Å². The van der Waals surface area contributed by atoms with Crippen LogP contribution in [0.2, 0.25) is 0 Å². The molecule has 3 rings (SSSR count). The van der Waals surface area contributed by atoms with E-state index in [0.29, 0.717) is 0 Å². The van der Waals surface area contributed by atoms with Crippen molar-refractivity contribution in [1.29, 1.82) is 0 Å². The van der Waals surface area contributed by atoms with Crippen molar-refractivity contribution in [3.8, 4) is 10.7 Å². The molecule has 2 aromatic heterocycles. The fraction of sp³-hybridized carbons (Fsp3) is 0.500. The number of thiophene rings is 1. The zero-order valence-electron chi connectivity index (χ0n) is 9.44. The summed E-state index contributed by atoms with van der Waals surface area (Å²) >= 11 is 1.90. The van der Waals surface area contributed by atoms with Crippen molar-refractivity contribution in [3.05, 3.63) is 22.8 Å². The molecule has 0 aliphatic heterocycles. The van der Waals surface area contributed by atoms with Gasteiger partial charge in [0.2, 0.25) is 0 Å². The third kappa shape index (κ3) is 1.67. The van der Waals surface area contributed by atoms with E-state index in [1.165, 1.54) is 37.0 Å². The first-order valence-corrected chi connectivity index (χ1v) is 6.62. The zero-order valence-corrected chi connectivity index (χ0v) is 10.3. The molecule has 4 heteroatoms. The van der Waals surface area contributed by atoms with Crippen LogP contribution < -0.4 is 0 Å². The van der Waals surface area contributed by atoms with Gasteiger partial charge in [0.25, 0.3) is 0 Å². The van der Waals surface area contributed by atoms with Gasteiger partial charge in [0.1, 0.15) is 6.33 Å². The van der Waals surface area contributed by atoms with Crippen LogP contribution >= 0.6 is 11.3 Å². The second-order valence-electron chi connectivity index (χ2n) is 4.39. The average molecular weight is 233 g/mol. The number of aryl methyl sites for hydroxylation is 3. The Morgan fingerprint density at radius 1 is 1.25 bits per heavy atom. The lowest BCUT2D eigenvalue weighted by Gasteiger charge is -1.95. The highest BCUT2D eigenvalue weighted by Gasteiger charge is 2.15. The quantitative estimate of drug-likeness (QED) is 0.709. The summed E-state index contributed by atoms with van der Waals surface area (Å²) in [5.41, 5.74) is 1.54. The van der Waals surface area contributed by atoms with E-state index >= 15 is 0 Å². The summed E-state index contributed by atoms with van der Waals surface area (Å²) in [7, 11) is 2.00. The van der Waals surface area contributed by atoms with Crippen LogP contribution in [0.3, 0.4) is 0 Å². The SMILES string of the molecule is Cn1cnnc1-c1cc2c(s1)CCCCC2. The molecule has 1 aliphatic rings. The Morgan fingerprint density at radius 2 is 2.12 bits per heavy atom. The number of fused-ring (bicyclic) bond motifs is 1. The molecule has 0 N–H and O–H groups in total. The van der Waals surface area contributed by atoms with Crippen molar-refractivity contribution in [2.75, 3.05) is 0 Å². The number of hydrogen-bond acceptors (Lipinski definition) is 3. The molecule has 0 spiro atoms. The molecule has 0 saturated heterocycles. The smallest absolute Gasteiger partial charge is 0.173 e. The third-order valence-corrected chi connectivity index (χ3v) is 4.41. The van der Waals surface area contributed by atoms with Crippen molar-refractivity contribution in [2.24, 2.45) is 7.05 Å². The first kappa shape index (κ1) is 10.0. The van der Waals surface area contributed by atoms with Crippen molar-refractivity contribution < 1.29 is 0 Å². The Hall–Kier alpha value is -1.16. The third-order valence-electron chi connectivity index (χ3n) is 3.18. The number of nitrogens with zero attached hydrogens (tertiary/aromatic N) is 3. The monoisotopic (exact) mass is 233 g/mol. The standard InChI is InChI=1S/C12H15N3S/c1-15-8-13-14-12(15)11-7-9-5-3-2-4-6-10(9)16-11/h7-8H,2-6H2,1H3. The number of hydrogen-bond donors (Lipinski definition) is 0. The summed E-state index contributed by atoms with van der Waals surface area (Å²) in [4.78, 5) is 2.84. The van der Waals surface area contributed by atoms with E-state index in [1.54, 1.807) is 16.8 Å². The molecule has 0 radical (unpaired) electrons. The molecule has 0 amide bonds. The van der Waals surface area contributed by atoms with Gasteiger partial charge in [-0.05, 0) is 37.3 Å². The first-order chi connectivity index (χ1) is 7.84. The van der Waals surface area contributed by atoms with Crippen LogP contribution in [0.1, 0.15) is 29.7 Å². The van der Waals surface area contributed by atoms with Gasteiger partial charge < -0.3 is 4.57 Å². The Labute approximate surface area is 99.1 Å². The van der Waals surface area contributed by atoms with Gasteiger partial charge in [-0.15, -0.1) is 21.5 Å². The van der Waals surface area contributed by atoms with E-state index in [0.717, 1.165) is 5.82 Å². The maximum Gasteiger partial charge on any atom is 0.173 e. The highest BCUT2D eigenvalue weighted by atomic mass is 32.1. The lowest BCUT2D eigenvalue weighted by atomic mass is 10.1. The first-order valence-electron chi connectivity index (χ1n) is 5.80. The topological polar surface area (TPSA) is 30.7 Å². The summed E-state index contributed by atoms with van der Waals surface area (Å²) in [5.74, 6) is 0.998. The molecular weight excluding hydrogens is 218 g/mol. The van der Waals surface area contributed by atoms with Crippen LogP contribution in [0.25, 0.3) is 10.7 Å². The summed E-state index contributed by atoms with van der Waals surface area (Å²) in [5, 5.41) is 8.12. The molecule has 0 unspecified atom stereocenters. The normalized spacial score (nSPS) is 15.8. The van der Waals surface area contributed by atoms with Crippen LogP contribution in [-0.4, -0.2) is 14.8 Å². The van der Waals surface area contributed by atoms with Crippen LogP contribution in [0.5, 0.6) is 0 Å². The van der Waals surface area contributed by atoms with Gasteiger partial charge in [0, 0.05) is 11.9 Å². The van der Waals surface area contributed by atoms with Crippen LogP contribution in [0, 0.1) is 0 Å². The van der Waals surface area contributed by atoms with Gasteiger partial charge in [-0.3, -0.25) is 0 Å². The molecule has 0 fully saturated rings. The molecule has 3 nitrogen and oxygen atoms in total. The molecule has 84 valence electrons. The molecule has 0 bridgehead atoms. The number of rotatable bonds is 1. The van der Waals surface area contributed by atoms with Crippen molar-refractivity contribution in [1.82, 2.24) is 14.8 Å². The lowest BCUT2D eigenvalue weighted by molar-refractivity contribution is 0.712. The minimum absolute atomic E-state index is 0.998. The fourth-order valence-corrected chi connectivity index (χ4v) is 3.57. The van der Waals surface area contributed by atoms with Crippen molar-refractivity contribution >= 4 is 11.3 Å². The van der Waals surface area contributed by atoms with Gasteiger partial charge in [-0.2, -0.15) is 0 Å². The predicted octanol–water partition coefficient (Wildman–Crippen LogP) is 2.81. The second kappa shape index (κ2) is 4.01. The molecule has 1 aliphatic carbocycles. The van der Waals surface area contributed by atoms with Crippen molar-refractivity contribution in [2.45, 2.75) is 32.1 Å². The molecular formula is C12H15N3S. The summed E-state index contributed by atoms with van der Waals surface area (Å²) < 4.78 is 1.99. The van der Waals surface area contributed by atoms with Crippen LogP contribution in [-0.2, 0) is 19.9 Å². The number of aromatic nitrogens is 3. The predicted molar refractivity (Wildman–Crippen MR) is 65.6 cm³/mol. The van der Waals surface area contributed by atoms with Gasteiger partial charge in [-0.1, -0.05) is 6.42 Å². The summed E-state index contributed by atoms with van der Waals surface area (Å²) in [6, 6.07) is 2.31. The summed E-state index contributed by atoms with van der Waals surface area (Å²) in [6.45, 7) is 0. The molecule has 16 heavy (non-hydrogen) atoms. The minimum atomic E-state index is 0.998. The van der Waals surface area contributed by atoms with E-state index in [4.69, 9.17) is 0 Å². The molecule has 0 aromatic carbocycles. The van der Waals surface area contributed by atoms with Gasteiger partial charge in [-0.25, -0.2) is 0 Å². The van der Waals surface area contributed by atoms with Gasteiger partial charge >= 0.3 is 0 Å². The molecule has 0 atom stereocenters. The second-order valence-corrected chi connectivity index (χ2v) is 5.52. The van der Waals surface area contributed by atoms with E-state index in [9.17, 15) is 0 Å². The highest BCUT2D eigenvalue weighted by Crippen LogP contribution is 2.33. The van der Waals surface area contributed by atoms with E-state index < -0.39 is 0 Å². The molecule has 2 heterocycles. The van der Waals surface area contributed by atoms with E-state index in [2.05, 4.69) is 16.3 Å². The lowest BCUT2D eigenvalue weighted by Crippen LogP contribution is -1.88. The van der Waals surface area contributed by atoms with Crippen LogP contribution in [0.15, 0.2) is 12.4 Å². The average Bonchev–Trinajstić information content (AvgIpc) is 2.80. The van der Waals surface area contributed by atoms with Gasteiger partial charge in [0.05, 0.1) is 4.88 Å². The van der Waals surface area contributed by atoms with E-state index in [-0.39, 0.29) is 0 Å². The minimum Gasteiger partial charge on any atom is -0.316 e. The highest BCUT2D eigenvalue weighted by molar-refractivity contribution is 7.15. The molecule has 2 aromatic rings. The van der Waals surface area contributed by atoms with Crippen LogP contribution in [0.4, 0.5) is 0 Å².